The molecule has 2 aromatic rings. The molecule has 0 aromatic heterocycles. The number of carbonyl (C=O) groups excluding carboxylic acids is 2. The molecule has 7 heteroatoms. The number of carbonyl (C=O) groups is 2. The Labute approximate surface area is 169 Å². The van der Waals surface area contributed by atoms with Gasteiger partial charge in [0.1, 0.15) is 6.04 Å². The lowest BCUT2D eigenvalue weighted by Gasteiger charge is -2.33. The predicted molar refractivity (Wildman–Crippen MR) is 109 cm³/mol. The number of hydrogen-bond acceptors (Lipinski definition) is 6. The highest BCUT2D eigenvalue weighted by atomic mass is 32.2. The van der Waals surface area contributed by atoms with Crippen LogP contribution in [0.4, 0.5) is 0 Å². The van der Waals surface area contributed by atoms with E-state index < -0.39 is 6.04 Å². The number of benzene rings is 2. The number of rotatable bonds is 6. The highest BCUT2D eigenvalue weighted by Gasteiger charge is 2.32. The fourth-order valence-electron chi connectivity index (χ4n) is 3.19. The van der Waals surface area contributed by atoms with Gasteiger partial charge in [0, 0.05) is 10.5 Å². The Kier molecular flexibility index (Phi) is 6.26. The molecule has 0 aliphatic carbocycles. The summed E-state index contributed by atoms with van der Waals surface area (Å²) in [4.78, 5) is 26.4. The summed E-state index contributed by atoms with van der Waals surface area (Å²) < 4.78 is 12.6. The molecule has 2 atom stereocenters. The molecule has 0 fully saturated rings. The van der Waals surface area contributed by atoms with E-state index in [1.807, 2.05) is 41.7 Å². The van der Waals surface area contributed by atoms with Crippen molar-refractivity contribution in [1.82, 2.24) is 9.62 Å². The normalized spacial score (nSPS) is 17.4. The number of ketones is 1. The molecule has 1 heterocycles. The summed E-state index contributed by atoms with van der Waals surface area (Å²) in [6, 6.07) is 11.8. The van der Waals surface area contributed by atoms with Crippen LogP contribution < -0.4 is 14.8 Å². The van der Waals surface area contributed by atoms with E-state index >= 15 is 0 Å². The first-order chi connectivity index (χ1) is 13.4. The lowest BCUT2D eigenvalue weighted by Crippen LogP contribution is -2.50. The van der Waals surface area contributed by atoms with E-state index in [1.165, 1.54) is 11.9 Å². The Hall–Kier alpha value is -2.51. The monoisotopic (exact) mass is 400 g/mol. The number of nitrogens with zero attached hydrogens (tertiary/aromatic N) is 1. The van der Waals surface area contributed by atoms with E-state index in [0.29, 0.717) is 23.5 Å². The Morgan fingerprint density at radius 2 is 1.79 bits per heavy atom. The van der Waals surface area contributed by atoms with Crippen LogP contribution in [0.2, 0.25) is 0 Å². The maximum absolute atomic E-state index is 12.9. The van der Waals surface area contributed by atoms with Crippen molar-refractivity contribution >= 4 is 23.6 Å². The van der Waals surface area contributed by atoms with Crippen LogP contribution in [0.25, 0.3) is 0 Å². The van der Waals surface area contributed by atoms with Gasteiger partial charge in [-0.1, -0.05) is 30.3 Å². The molecule has 1 unspecified atom stereocenters. The van der Waals surface area contributed by atoms with E-state index in [2.05, 4.69) is 5.32 Å². The maximum Gasteiger partial charge on any atom is 0.239 e. The summed E-state index contributed by atoms with van der Waals surface area (Å²) in [6.45, 7) is 1.71. The minimum Gasteiger partial charge on any atom is -0.493 e. The van der Waals surface area contributed by atoms with Gasteiger partial charge < -0.3 is 14.8 Å². The number of Topliss-reactive ketones (excluding diaryl/α,β-unsaturated/α-hetero) is 1. The van der Waals surface area contributed by atoms with Gasteiger partial charge in [-0.15, -0.1) is 0 Å². The average Bonchev–Trinajstić information content (AvgIpc) is 2.72. The number of hydrogen-bond donors (Lipinski definition) is 1. The summed E-state index contributed by atoms with van der Waals surface area (Å²) in [5, 5.41) is 2.86. The molecule has 1 amide bonds. The molecule has 0 spiro atoms. The van der Waals surface area contributed by atoms with Crippen LogP contribution in [0.15, 0.2) is 47.4 Å². The van der Waals surface area contributed by atoms with Gasteiger partial charge in [0.2, 0.25) is 5.91 Å². The van der Waals surface area contributed by atoms with Crippen LogP contribution in [-0.4, -0.2) is 49.3 Å². The van der Waals surface area contributed by atoms with E-state index in [0.717, 1.165) is 10.5 Å². The average molecular weight is 401 g/mol. The van der Waals surface area contributed by atoms with Crippen LogP contribution in [0.3, 0.4) is 0 Å². The first-order valence-electron chi connectivity index (χ1n) is 9.00. The second-order valence-electron chi connectivity index (χ2n) is 6.63. The van der Waals surface area contributed by atoms with Gasteiger partial charge in [-0.2, -0.15) is 0 Å². The third-order valence-electron chi connectivity index (χ3n) is 4.77. The van der Waals surface area contributed by atoms with E-state index in [4.69, 9.17) is 9.47 Å². The summed E-state index contributed by atoms with van der Waals surface area (Å²) in [6.07, 6.45) is 0.525. The largest absolute Gasteiger partial charge is 0.493 e. The zero-order valence-electron chi connectivity index (χ0n) is 16.4. The van der Waals surface area contributed by atoms with Crippen molar-refractivity contribution < 1.29 is 19.1 Å². The van der Waals surface area contributed by atoms with Gasteiger partial charge in [0.05, 0.1) is 20.3 Å². The van der Waals surface area contributed by atoms with Gasteiger partial charge in [-0.25, -0.2) is 4.31 Å². The van der Waals surface area contributed by atoms with Crippen LogP contribution in [0, 0.1) is 0 Å². The minimum absolute atomic E-state index is 0.105. The molecular formula is C21H24N2O4S. The van der Waals surface area contributed by atoms with Crippen LogP contribution in [-0.2, 0) is 11.2 Å². The second kappa shape index (κ2) is 8.67. The third-order valence-corrected chi connectivity index (χ3v) is 5.89. The summed E-state index contributed by atoms with van der Waals surface area (Å²) in [5.74, 6) is 1.02. The van der Waals surface area contributed by atoms with Gasteiger partial charge in [-0.05, 0) is 50.0 Å². The van der Waals surface area contributed by atoms with Crippen molar-refractivity contribution in [3.8, 4) is 11.5 Å². The van der Waals surface area contributed by atoms with Crippen LogP contribution >= 0.6 is 11.9 Å². The zero-order valence-corrected chi connectivity index (χ0v) is 17.2. The topological polar surface area (TPSA) is 67.9 Å². The number of likely N-dealkylation sites (N-methyl/N-ethyl adjacent to an activating group) is 1. The molecular weight excluding hydrogens is 376 g/mol. The number of fused-ring (bicyclic) bond motifs is 1. The van der Waals surface area contributed by atoms with Crippen molar-refractivity contribution in [2.24, 2.45) is 0 Å². The standard InChI is InChI=1S/C21H24N2O4S/c1-13(20(24)14-8-6-5-7-9-14)22-21(25)16-10-15-11-17(26-3)18(27-4)12-19(15)28-23(16)2/h5-9,11-13,16H,10H2,1-4H3,(H,22,25)/t13-,16?/m0/s1. The molecule has 0 saturated carbocycles. The highest BCUT2D eigenvalue weighted by molar-refractivity contribution is 7.97. The van der Waals surface area contributed by atoms with Gasteiger partial charge in [0.25, 0.3) is 0 Å². The Balaban J connectivity index is 1.73. The Morgan fingerprint density at radius 3 is 2.43 bits per heavy atom. The second-order valence-corrected chi connectivity index (χ2v) is 7.83. The summed E-state index contributed by atoms with van der Waals surface area (Å²) >= 11 is 1.48. The van der Waals surface area contributed by atoms with Crippen molar-refractivity contribution in [3.05, 3.63) is 53.6 Å². The molecule has 6 nitrogen and oxygen atoms in total. The Morgan fingerprint density at radius 1 is 1.14 bits per heavy atom. The molecule has 1 aliphatic heterocycles. The zero-order chi connectivity index (χ0) is 20.3. The maximum atomic E-state index is 12.9. The molecule has 3 rings (SSSR count). The van der Waals surface area contributed by atoms with E-state index in [9.17, 15) is 9.59 Å². The number of nitrogens with one attached hydrogen (secondary N) is 1. The van der Waals surface area contributed by atoms with Crippen molar-refractivity contribution in [1.29, 1.82) is 0 Å². The lowest BCUT2D eigenvalue weighted by molar-refractivity contribution is -0.124. The predicted octanol–water partition coefficient (Wildman–Crippen LogP) is 2.96. The number of methoxy groups -OCH3 is 2. The fraction of sp³-hybridized carbons (Fsp3) is 0.333. The first kappa shape index (κ1) is 20.2. The molecule has 148 valence electrons. The van der Waals surface area contributed by atoms with Crippen molar-refractivity contribution in [2.45, 2.75) is 30.3 Å². The molecule has 0 radical (unpaired) electrons. The van der Waals surface area contributed by atoms with E-state index in [-0.39, 0.29) is 17.7 Å². The van der Waals surface area contributed by atoms with E-state index in [1.54, 1.807) is 33.3 Å². The molecule has 2 aromatic carbocycles. The highest BCUT2D eigenvalue weighted by Crippen LogP contribution is 2.40. The molecule has 0 saturated heterocycles. The van der Waals surface area contributed by atoms with Gasteiger partial charge in [0.15, 0.2) is 17.3 Å². The minimum atomic E-state index is -0.597. The summed E-state index contributed by atoms with van der Waals surface area (Å²) in [5.41, 5.74) is 1.60. The Bertz CT molecular complexity index is 872. The molecule has 0 bridgehead atoms. The van der Waals surface area contributed by atoms with Crippen LogP contribution in [0.5, 0.6) is 11.5 Å². The smallest absolute Gasteiger partial charge is 0.239 e. The SMILES string of the molecule is COc1cc2c(cc1OC)SN(C)C(C(=O)N[C@@H](C)C(=O)c1ccccc1)C2. The molecule has 1 N–H and O–H groups in total. The van der Waals surface area contributed by atoms with Crippen molar-refractivity contribution in [2.75, 3.05) is 21.3 Å². The first-order valence-corrected chi connectivity index (χ1v) is 9.77. The fourth-order valence-corrected chi connectivity index (χ4v) is 4.21. The number of amides is 1. The lowest BCUT2D eigenvalue weighted by atomic mass is 10.0. The van der Waals surface area contributed by atoms with Gasteiger partial charge in [-0.3, -0.25) is 9.59 Å². The van der Waals surface area contributed by atoms with Gasteiger partial charge >= 0.3 is 0 Å². The number of ether oxygens (including phenoxy) is 2. The quantitative estimate of drug-likeness (QED) is 0.594. The molecule has 1 aliphatic rings. The van der Waals surface area contributed by atoms with Crippen molar-refractivity contribution in [3.63, 3.8) is 0 Å². The van der Waals surface area contributed by atoms with Crippen LogP contribution in [0.1, 0.15) is 22.8 Å². The third kappa shape index (κ3) is 4.15. The molecule has 28 heavy (non-hydrogen) atoms. The summed E-state index contributed by atoms with van der Waals surface area (Å²) in [7, 11) is 5.06.